The molecule has 2 aliphatic heterocycles. The molecule has 3 heterocycles. The number of anilines is 1. The lowest BCUT2D eigenvalue weighted by molar-refractivity contribution is -0.138. The third kappa shape index (κ3) is 4.25. The molecule has 7 nitrogen and oxygen atoms in total. The van der Waals surface area contributed by atoms with Gasteiger partial charge >= 0.3 is 12.2 Å². The van der Waals surface area contributed by atoms with Gasteiger partial charge in [-0.15, -0.1) is 0 Å². The largest absolute Gasteiger partial charge is 0.419 e. The van der Waals surface area contributed by atoms with Crippen molar-refractivity contribution in [2.45, 2.75) is 63.8 Å². The van der Waals surface area contributed by atoms with Gasteiger partial charge in [0.1, 0.15) is 0 Å². The van der Waals surface area contributed by atoms with Gasteiger partial charge in [0.15, 0.2) is 0 Å². The van der Waals surface area contributed by atoms with E-state index in [2.05, 4.69) is 20.2 Å². The molecule has 176 valence electrons. The second-order valence-electron chi connectivity index (χ2n) is 10.4. The van der Waals surface area contributed by atoms with Gasteiger partial charge in [-0.25, -0.2) is 14.8 Å². The molecule has 0 bridgehead atoms. The average Bonchev–Trinajstić information content (AvgIpc) is 3.47. The Balaban J connectivity index is 1.11. The number of halogens is 3. The van der Waals surface area contributed by atoms with E-state index < -0.39 is 11.7 Å². The second kappa shape index (κ2) is 7.74. The highest BCUT2D eigenvalue weighted by Gasteiger charge is 2.53. The summed E-state index contributed by atoms with van der Waals surface area (Å²) in [4.78, 5) is 27.1. The molecule has 4 fully saturated rings. The van der Waals surface area contributed by atoms with Crippen LogP contribution in [-0.2, 0) is 6.18 Å². The fourth-order valence-electron chi connectivity index (χ4n) is 5.81. The molecule has 2 aliphatic carbocycles. The van der Waals surface area contributed by atoms with E-state index >= 15 is 0 Å². The molecule has 1 spiro atoms. The minimum Gasteiger partial charge on any atom is -0.337 e. The lowest BCUT2D eigenvalue weighted by Crippen LogP contribution is -2.68. The predicted octanol–water partition coefficient (Wildman–Crippen LogP) is 2.98. The Hall–Kier alpha value is -2.10. The van der Waals surface area contributed by atoms with Crippen LogP contribution in [0.25, 0.3) is 0 Å². The number of carbonyl (C=O) groups is 1. The van der Waals surface area contributed by atoms with Crippen molar-refractivity contribution in [3.05, 3.63) is 18.0 Å². The number of likely N-dealkylation sites (tertiary alicyclic amines) is 1. The van der Waals surface area contributed by atoms with Crippen LogP contribution in [0.3, 0.4) is 0 Å². The fourth-order valence-corrected chi connectivity index (χ4v) is 5.81. The first-order chi connectivity index (χ1) is 15.1. The summed E-state index contributed by atoms with van der Waals surface area (Å²) in [5.74, 6) is 1.19. The third-order valence-corrected chi connectivity index (χ3v) is 7.42. The monoisotopic (exact) mass is 452 g/mol. The number of urea groups is 1. The smallest absolute Gasteiger partial charge is 0.337 e. The quantitative estimate of drug-likeness (QED) is 0.761. The van der Waals surface area contributed by atoms with Crippen LogP contribution < -0.4 is 10.2 Å². The molecule has 0 aromatic carbocycles. The van der Waals surface area contributed by atoms with Gasteiger partial charge in [-0.05, 0) is 50.9 Å². The predicted molar refractivity (Wildman–Crippen MR) is 113 cm³/mol. The molecular formula is C22H31F3N6O. The summed E-state index contributed by atoms with van der Waals surface area (Å²) in [5.41, 5.74) is -0.441. The number of carbonyl (C=O) groups excluding carboxylic acids is 1. The highest BCUT2D eigenvalue weighted by atomic mass is 19.4. The summed E-state index contributed by atoms with van der Waals surface area (Å²) in [6, 6.07) is -0.0129. The minimum atomic E-state index is -4.45. The number of amides is 2. The number of nitrogens with zero attached hydrogens (tertiary/aromatic N) is 5. The zero-order valence-electron chi connectivity index (χ0n) is 18.6. The summed E-state index contributed by atoms with van der Waals surface area (Å²) in [6.07, 6.45) is 2.06. The molecule has 10 heteroatoms. The van der Waals surface area contributed by atoms with Gasteiger partial charge in [0.2, 0.25) is 5.95 Å². The molecule has 1 N–H and O–H groups in total. The number of nitrogens with one attached hydrogen (secondary N) is 1. The Labute approximate surface area is 186 Å². The Morgan fingerprint density at radius 2 is 1.72 bits per heavy atom. The van der Waals surface area contributed by atoms with Crippen LogP contribution in [0, 0.1) is 11.3 Å². The number of rotatable bonds is 4. The molecule has 5 rings (SSSR count). The van der Waals surface area contributed by atoms with E-state index in [1.165, 1.54) is 32.5 Å². The highest BCUT2D eigenvalue weighted by molar-refractivity contribution is 5.76. The molecule has 32 heavy (non-hydrogen) atoms. The summed E-state index contributed by atoms with van der Waals surface area (Å²) >= 11 is 0. The van der Waals surface area contributed by atoms with Gasteiger partial charge in [0, 0.05) is 63.2 Å². The number of aromatic nitrogens is 2. The maximum absolute atomic E-state index is 13.0. The van der Waals surface area contributed by atoms with Crippen LogP contribution in [0.15, 0.2) is 12.4 Å². The van der Waals surface area contributed by atoms with Gasteiger partial charge in [-0.2, -0.15) is 13.2 Å². The average molecular weight is 453 g/mol. The Kier molecular flexibility index (Phi) is 5.26. The summed E-state index contributed by atoms with van der Waals surface area (Å²) in [6.45, 7) is 8.47. The van der Waals surface area contributed by atoms with Crippen LogP contribution in [-0.4, -0.2) is 76.6 Å². The van der Waals surface area contributed by atoms with E-state index in [0.717, 1.165) is 31.2 Å². The third-order valence-electron chi connectivity index (χ3n) is 7.42. The van der Waals surface area contributed by atoms with Crippen molar-refractivity contribution in [1.82, 2.24) is 25.1 Å². The first-order valence-corrected chi connectivity index (χ1v) is 11.6. The normalized spacial score (nSPS) is 28.4. The molecule has 1 aromatic rings. The molecule has 2 amide bonds. The van der Waals surface area contributed by atoms with Crippen molar-refractivity contribution in [3.63, 3.8) is 0 Å². The van der Waals surface area contributed by atoms with E-state index in [1.807, 2.05) is 23.6 Å². The molecule has 0 unspecified atom stereocenters. The van der Waals surface area contributed by atoms with Gasteiger partial charge in [-0.3, -0.25) is 0 Å². The maximum atomic E-state index is 13.0. The van der Waals surface area contributed by atoms with E-state index in [4.69, 9.17) is 0 Å². The summed E-state index contributed by atoms with van der Waals surface area (Å²) < 4.78 is 38.3. The Bertz CT molecular complexity index is 832. The van der Waals surface area contributed by atoms with Crippen molar-refractivity contribution in [1.29, 1.82) is 0 Å². The topological polar surface area (TPSA) is 64.6 Å². The zero-order valence-corrected chi connectivity index (χ0v) is 18.6. The Morgan fingerprint density at radius 3 is 2.25 bits per heavy atom. The van der Waals surface area contributed by atoms with Crippen LogP contribution in [0.1, 0.15) is 45.1 Å². The van der Waals surface area contributed by atoms with Crippen molar-refractivity contribution < 1.29 is 18.0 Å². The van der Waals surface area contributed by atoms with Crippen molar-refractivity contribution in [3.8, 4) is 0 Å². The van der Waals surface area contributed by atoms with Gasteiger partial charge < -0.3 is 20.0 Å². The molecule has 2 atom stereocenters. The van der Waals surface area contributed by atoms with Crippen molar-refractivity contribution >= 4 is 12.0 Å². The number of hydrogen-bond acceptors (Lipinski definition) is 5. The van der Waals surface area contributed by atoms with Crippen molar-refractivity contribution in [2.75, 3.05) is 37.6 Å². The molecule has 2 saturated carbocycles. The molecule has 0 radical (unpaired) electrons. The maximum Gasteiger partial charge on any atom is 0.419 e. The van der Waals surface area contributed by atoms with Crippen LogP contribution >= 0.6 is 0 Å². The lowest BCUT2D eigenvalue weighted by Gasteiger charge is -2.59. The highest BCUT2D eigenvalue weighted by Crippen LogP contribution is 2.49. The van der Waals surface area contributed by atoms with E-state index in [9.17, 15) is 18.0 Å². The zero-order chi connectivity index (χ0) is 22.7. The van der Waals surface area contributed by atoms with Crippen molar-refractivity contribution in [2.24, 2.45) is 11.3 Å². The van der Waals surface area contributed by atoms with E-state index in [1.54, 1.807) is 0 Å². The first-order valence-electron chi connectivity index (χ1n) is 11.6. The van der Waals surface area contributed by atoms with Gasteiger partial charge in [0.05, 0.1) is 5.56 Å². The van der Waals surface area contributed by atoms with Crippen LogP contribution in [0.4, 0.5) is 23.9 Å². The number of hydrogen-bond donors (Lipinski definition) is 1. The lowest BCUT2D eigenvalue weighted by atomic mass is 9.60. The molecule has 1 aromatic heterocycles. The molecular weight excluding hydrogens is 421 g/mol. The second-order valence-corrected chi connectivity index (χ2v) is 10.4. The van der Waals surface area contributed by atoms with E-state index in [-0.39, 0.29) is 30.1 Å². The van der Waals surface area contributed by atoms with Crippen LogP contribution in [0.2, 0.25) is 0 Å². The number of piperazine rings is 1. The number of alkyl halides is 3. The Morgan fingerprint density at radius 1 is 1.12 bits per heavy atom. The fraction of sp³-hybridized carbons (Fsp3) is 0.773. The summed E-state index contributed by atoms with van der Waals surface area (Å²) in [7, 11) is 0. The summed E-state index contributed by atoms with van der Waals surface area (Å²) in [5, 5.41) is 3.21. The van der Waals surface area contributed by atoms with E-state index in [0.29, 0.717) is 18.5 Å². The minimum absolute atomic E-state index is 0.0491. The van der Waals surface area contributed by atoms with Gasteiger partial charge in [-0.1, -0.05) is 0 Å². The first kappa shape index (κ1) is 21.7. The standard InChI is InChI=1S/C22H31F3N6O/c1-14-9-30(19-26-7-17(8-27-19)22(23,24)25)10-15(2)31(14)20(32)28-18-5-21(6-18)12-29(13-21)11-16-3-4-16/h7-8,14-16,18H,3-6,9-13H2,1-2H3,(H,28,32)/t14-,15+. The SMILES string of the molecule is C[C@@H]1CN(c2ncc(C(F)(F)F)cn2)C[C@H](C)N1C(=O)NC1CC2(C1)CN(CC1CC1)C2. The molecule has 2 saturated heterocycles. The van der Waals surface area contributed by atoms with Gasteiger partial charge in [0.25, 0.3) is 0 Å². The van der Waals surface area contributed by atoms with Crippen LogP contribution in [0.5, 0.6) is 0 Å². The molecule has 4 aliphatic rings.